The lowest BCUT2D eigenvalue weighted by Gasteiger charge is -2.43. The van der Waals surface area contributed by atoms with Crippen LogP contribution in [-0.4, -0.2) is 42.6 Å². The number of cyclic esters (lactones) is 1. The Morgan fingerprint density at radius 1 is 1.03 bits per heavy atom. The van der Waals surface area contributed by atoms with Crippen LogP contribution >= 0.6 is 22.6 Å². The van der Waals surface area contributed by atoms with Gasteiger partial charge in [0.2, 0.25) is 0 Å². The van der Waals surface area contributed by atoms with E-state index in [-0.39, 0.29) is 17.1 Å². The average molecular weight is 524 g/mol. The molecule has 0 radical (unpaired) electrons. The Morgan fingerprint density at radius 2 is 1.55 bits per heavy atom. The molecular weight excluding hydrogens is 495 g/mol. The first-order chi connectivity index (χ1) is 13.8. The van der Waals surface area contributed by atoms with Crippen LogP contribution in [0.3, 0.4) is 0 Å². The largest absolute Gasteiger partial charge is 0.459 e. The van der Waals surface area contributed by atoms with Crippen LogP contribution in [0.25, 0.3) is 0 Å². The smallest absolute Gasteiger partial charge is 0.335 e. The highest BCUT2D eigenvalue weighted by Crippen LogP contribution is 2.37. The molecule has 1 saturated heterocycles. The number of aliphatic hydroxyl groups is 1. The molecule has 0 unspecified atom stereocenters. The molecule has 1 N–H and O–H groups in total. The summed E-state index contributed by atoms with van der Waals surface area (Å²) in [5, 5.41) is 12.6. The minimum atomic E-state index is -2.60. The van der Waals surface area contributed by atoms with Gasteiger partial charge in [0.15, 0.2) is 6.10 Å². The van der Waals surface area contributed by atoms with Gasteiger partial charge in [0.25, 0.3) is 8.32 Å². The normalized spacial score (nSPS) is 22.5. The first-order valence-corrected chi connectivity index (χ1v) is 13.4. The first-order valence-electron chi connectivity index (χ1n) is 10.0. The van der Waals surface area contributed by atoms with E-state index in [0.717, 1.165) is 0 Å². The van der Waals surface area contributed by atoms with Crippen molar-refractivity contribution in [1.82, 2.24) is 0 Å². The molecule has 6 heteroatoms. The fourth-order valence-electron chi connectivity index (χ4n) is 4.28. The molecule has 29 heavy (non-hydrogen) atoms. The highest BCUT2D eigenvalue weighted by Gasteiger charge is 2.50. The molecular formula is C23H29IO4Si. The van der Waals surface area contributed by atoms with Gasteiger partial charge in [0.1, 0.15) is 6.10 Å². The summed E-state index contributed by atoms with van der Waals surface area (Å²) in [7, 11) is -2.60. The van der Waals surface area contributed by atoms with Crippen molar-refractivity contribution in [1.29, 1.82) is 0 Å². The third-order valence-corrected chi connectivity index (χ3v) is 11.6. The summed E-state index contributed by atoms with van der Waals surface area (Å²) in [6, 6.07) is 21.0. The van der Waals surface area contributed by atoms with Gasteiger partial charge in [-0.3, -0.25) is 0 Å². The van der Waals surface area contributed by atoms with Crippen molar-refractivity contribution in [2.75, 3.05) is 11.0 Å². The van der Waals surface area contributed by atoms with Gasteiger partial charge in [-0.05, 0) is 21.8 Å². The second-order valence-electron chi connectivity index (χ2n) is 8.54. The van der Waals surface area contributed by atoms with Crippen molar-refractivity contribution in [2.45, 2.75) is 44.4 Å². The van der Waals surface area contributed by atoms with Gasteiger partial charge in [-0.1, -0.05) is 104 Å². The molecule has 0 aliphatic carbocycles. The summed E-state index contributed by atoms with van der Waals surface area (Å²) < 4.78 is 12.8. The zero-order valence-electron chi connectivity index (χ0n) is 17.2. The number of halogens is 1. The molecule has 0 spiro atoms. The molecule has 1 fully saturated rings. The fourth-order valence-corrected chi connectivity index (χ4v) is 9.70. The number of aliphatic hydroxyl groups excluding tert-OH is 1. The van der Waals surface area contributed by atoms with Gasteiger partial charge < -0.3 is 14.3 Å². The third kappa shape index (κ3) is 4.45. The fraction of sp³-hybridized carbons (Fsp3) is 0.435. The van der Waals surface area contributed by atoms with Crippen molar-refractivity contribution in [3.63, 3.8) is 0 Å². The van der Waals surface area contributed by atoms with E-state index in [4.69, 9.17) is 9.16 Å². The van der Waals surface area contributed by atoms with Gasteiger partial charge >= 0.3 is 5.97 Å². The standard InChI is InChI=1S/C23H29IO4Si/c1-23(2,3)29(17-10-6-4-7-11-17,18-12-8-5-9-13-18)27-15-14-19-20(16-24)28-22(26)21(19)25/h4-13,19-21,25H,14-16H2,1-3H3/t19-,20-,21-/m1/s1. The van der Waals surface area contributed by atoms with E-state index in [2.05, 4.69) is 91.9 Å². The van der Waals surface area contributed by atoms with E-state index in [0.29, 0.717) is 17.5 Å². The van der Waals surface area contributed by atoms with Gasteiger partial charge in [0.05, 0.1) is 0 Å². The Bertz CT molecular complexity index is 767. The number of hydrogen-bond acceptors (Lipinski definition) is 4. The molecule has 0 aromatic heterocycles. The molecule has 1 aliphatic rings. The number of hydrogen-bond donors (Lipinski definition) is 1. The lowest BCUT2D eigenvalue weighted by molar-refractivity contribution is -0.146. The predicted octanol–water partition coefficient (Wildman–Crippen LogP) is 3.29. The van der Waals surface area contributed by atoms with E-state index in [1.807, 2.05) is 12.1 Å². The molecule has 0 amide bonds. The van der Waals surface area contributed by atoms with Crippen molar-refractivity contribution in [3.05, 3.63) is 60.7 Å². The average Bonchev–Trinajstić information content (AvgIpc) is 2.99. The topological polar surface area (TPSA) is 55.8 Å². The number of ether oxygens (including phenoxy) is 1. The van der Waals surface area contributed by atoms with E-state index < -0.39 is 20.4 Å². The van der Waals surface area contributed by atoms with Crippen LogP contribution in [0.15, 0.2) is 60.7 Å². The number of alkyl halides is 1. The van der Waals surface area contributed by atoms with Crippen molar-refractivity contribution >= 4 is 47.3 Å². The minimum absolute atomic E-state index is 0.0982. The summed E-state index contributed by atoms with van der Waals surface area (Å²) in [4.78, 5) is 11.8. The van der Waals surface area contributed by atoms with Crippen LogP contribution < -0.4 is 10.4 Å². The van der Waals surface area contributed by atoms with Crippen LogP contribution in [0.2, 0.25) is 5.04 Å². The predicted molar refractivity (Wildman–Crippen MR) is 126 cm³/mol. The lowest BCUT2D eigenvalue weighted by Crippen LogP contribution is -2.66. The Hall–Kier alpha value is -1.22. The van der Waals surface area contributed by atoms with Crippen molar-refractivity contribution in [2.24, 2.45) is 5.92 Å². The van der Waals surface area contributed by atoms with Crippen LogP contribution in [0.1, 0.15) is 27.2 Å². The van der Waals surface area contributed by atoms with Gasteiger partial charge in [0, 0.05) is 17.0 Å². The quantitative estimate of drug-likeness (QED) is 0.262. The van der Waals surface area contributed by atoms with Gasteiger partial charge in [-0.15, -0.1) is 0 Å². The van der Waals surface area contributed by atoms with Gasteiger partial charge in [-0.2, -0.15) is 0 Å². The Labute approximate surface area is 187 Å². The molecule has 1 heterocycles. The third-order valence-electron chi connectivity index (χ3n) is 5.73. The number of carbonyl (C=O) groups is 1. The van der Waals surface area contributed by atoms with Crippen molar-refractivity contribution in [3.8, 4) is 0 Å². The Balaban J connectivity index is 1.93. The SMILES string of the molecule is CC(C)(C)[Si](OCC[C@@H]1[C@@H](CI)OC(=O)[C@@H]1O)(c1ccccc1)c1ccccc1. The zero-order valence-corrected chi connectivity index (χ0v) is 20.3. The lowest BCUT2D eigenvalue weighted by atomic mass is 9.97. The molecule has 156 valence electrons. The summed E-state index contributed by atoms with van der Waals surface area (Å²) in [5.41, 5.74) is 0. The zero-order chi connectivity index (χ0) is 21.1. The number of carbonyl (C=O) groups excluding carboxylic acids is 1. The summed E-state index contributed by atoms with van der Waals surface area (Å²) >= 11 is 2.20. The molecule has 4 nitrogen and oxygen atoms in total. The van der Waals surface area contributed by atoms with Crippen LogP contribution in [0.5, 0.6) is 0 Å². The number of rotatable bonds is 7. The summed E-state index contributed by atoms with van der Waals surface area (Å²) in [5.74, 6) is -0.736. The molecule has 3 rings (SSSR count). The number of benzene rings is 2. The highest BCUT2D eigenvalue weighted by molar-refractivity contribution is 14.1. The summed E-state index contributed by atoms with van der Waals surface area (Å²) in [6.45, 7) is 7.19. The number of esters is 1. The first kappa shape index (κ1) is 22.5. The Kier molecular flexibility index (Phi) is 7.19. The van der Waals surface area contributed by atoms with Crippen LogP contribution in [-0.2, 0) is 14.0 Å². The van der Waals surface area contributed by atoms with Crippen molar-refractivity contribution < 1.29 is 19.1 Å². The maximum Gasteiger partial charge on any atom is 0.335 e. The molecule has 3 atom stereocenters. The summed E-state index contributed by atoms with van der Waals surface area (Å²) in [6.07, 6.45) is -0.719. The van der Waals surface area contributed by atoms with E-state index in [9.17, 15) is 9.90 Å². The monoisotopic (exact) mass is 524 g/mol. The maximum absolute atomic E-state index is 11.8. The second kappa shape index (κ2) is 9.28. The molecule has 0 bridgehead atoms. The minimum Gasteiger partial charge on any atom is -0.459 e. The van der Waals surface area contributed by atoms with Gasteiger partial charge in [-0.25, -0.2) is 4.79 Å². The second-order valence-corrected chi connectivity index (χ2v) is 13.7. The van der Waals surface area contributed by atoms with E-state index in [1.165, 1.54) is 10.4 Å². The molecule has 1 aliphatic heterocycles. The van der Waals surface area contributed by atoms with Crippen LogP contribution in [0.4, 0.5) is 0 Å². The Morgan fingerprint density at radius 3 is 2.00 bits per heavy atom. The van der Waals surface area contributed by atoms with Crippen LogP contribution in [0, 0.1) is 5.92 Å². The highest BCUT2D eigenvalue weighted by atomic mass is 127. The maximum atomic E-state index is 11.8. The van der Waals surface area contributed by atoms with E-state index in [1.54, 1.807) is 0 Å². The molecule has 0 saturated carbocycles. The van der Waals surface area contributed by atoms with E-state index >= 15 is 0 Å². The molecule has 2 aromatic carbocycles. The molecule has 2 aromatic rings.